The van der Waals surface area contributed by atoms with Crippen LogP contribution in [0.25, 0.3) is 5.69 Å². The summed E-state index contributed by atoms with van der Waals surface area (Å²) in [6, 6.07) is 10.6. The number of rotatable bonds is 6. The number of aryl methyl sites for hydroxylation is 1. The van der Waals surface area contributed by atoms with Gasteiger partial charge < -0.3 is 9.84 Å². The minimum absolute atomic E-state index is 0. The molecule has 0 radical (unpaired) electrons. The molecule has 2 aromatic heterocycles. The van der Waals surface area contributed by atoms with E-state index in [9.17, 15) is 22.7 Å². The number of ether oxygens (including phenoxy) is 1. The first-order valence-corrected chi connectivity index (χ1v) is 14.1. The first kappa shape index (κ1) is 28.4. The molecule has 0 unspecified atom stereocenters. The van der Waals surface area contributed by atoms with Crippen molar-refractivity contribution in [1.29, 1.82) is 0 Å². The van der Waals surface area contributed by atoms with Crippen molar-refractivity contribution in [3.8, 4) is 11.4 Å². The van der Waals surface area contributed by atoms with Gasteiger partial charge in [-0.2, -0.15) is 9.40 Å². The molecule has 4 aromatic rings. The van der Waals surface area contributed by atoms with Crippen LogP contribution < -0.4 is 4.74 Å². The maximum absolute atomic E-state index is 14.1. The fourth-order valence-electron chi connectivity index (χ4n) is 5.32. The van der Waals surface area contributed by atoms with Crippen LogP contribution in [0.1, 0.15) is 66.8 Å². The van der Waals surface area contributed by atoms with Crippen molar-refractivity contribution in [2.45, 2.75) is 56.6 Å². The van der Waals surface area contributed by atoms with Gasteiger partial charge in [-0.3, -0.25) is 4.68 Å². The average molecular weight is 583 g/mol. The molecule has 1 N–H and O–H groups in total. The van der Waals surface area contributed by atoms with E-state index in [1.54, 1.807) is 54.5 Å². The van der Waals surface area contributed by atoms with Crippen LogP contribution in [-0.4, -0.2) is 60.7 Å². The zero-order valence-corrected chi connectivity index (χ0v) is 22.8. The van der Waals surface area contributed by atoms with E-state index in [1.807, 2.05) is 6.20 Å². The smallest absolute Gasteiger partial charge is 0.339 e. The Hall–Kier alpha value is -4.10. The summed E-state index contributed by atoms with van der Waals surface area (Å²) in [5.74, 6) is -1.73. The van der Waals surface area contributed by atoms with Gasteiger partial charge in [0.1, 0.15) is 27.6 Å². The Labute approximate surface area is 237 Å². The maximum Gasteiger partial charge on any atom is 0.339 e. The molecule has 1 aliphatic carbocycles. The zero-order chi connectivity index (χ0) is 28.4. The van der Waals surface area contributed by atoms with Crippen LogP contribution in [0, 0.1) is 5.82 Å². The van der Waals surface area contributed by atoms with Gasteiger partial charge in [-0.25, -0.2) is 22.3 Å². The lowest BCUT2D eigenvalue weighted by molar-refractivity contribution is 0.0695. The van der Waals surface area contributed by atoms with E-state index in [0.717, 1.165) is 11.8 Å². The number of aromatic carboxylic acids is 1. The van der Waals surface area contributed by atoms with Crippen LogP contribution in [0.2, 0.25) is 0 Å². The topological polar surface area (TPSA) is 132 Å². The van der Waals surface area contributed by atoms with Gasteiger partial charge in [-0.05, 0) is 56.2 Å². The van der Waals surface area contributed by atoms with Gasteiger partial charge in [0.05, 0.1) is 29.8 Å². The lowest BCUT2D eigenvalue weighted by atomic mass is 10.1. The van der Waals surface area contributed by atoms with Crippen molar-refractivity contribution in [2.75, 3.05) is 6.54 Å². The van der Waals surface area contributed by atoms with E-state index in [-0.39, 0.29) is 48.6 Å². The van der Waals surface area contributed by atoms with E-state index in [0.29, 0.717) is 23.4 Å². The third kappa shape index (κ3) is 5.22. The standard InChI is InChI=1S/C27H27FN6O5S.CH4/c1-27(2)15-33(40(37,38)24-10-17(28)7-8-23(24)39-27)13-16-5-4-6-18(9-16)34-25(21(12-29-34)26(35)36)20-11-19(20)22-14-32(3)31-30-22;/h4-10,12,14,19-20H,11,13,15H2,1-3H3,(H,35,36);1H4/t19-,20-;/m1./s1. The minimum Gasteiger partial charge on any atom is -0.485 e. The number of carbonyl (C=O) groups is 1. The lowest BCUT2D eigenvalue weighted by Crippen LogP contribution is -2.42. The fraction of sp³-hybridized carbons (Fsp3) is 0.357. The Kier molecular flexibility index (Phi) is 6.98. The molecule has 216 valence electrons. The molecule has 41 heavy (non-hydrogen) atoms. The summed E-state index contributed by atoms with van der Waals surface area (Å²) in [6.45, 7) is 3.58. The molecule has 0 bridgehead atoms. The Morgan fingerprint density at radius 2 is 1.98 bits per heavy atom. The molecule has 0 amide bonds. The summed E-state index contributed by atoms with van der Waals surface area (Å²) in [6.07, 6.45) is 3.87. The zero-order valence-electron chi connectivity index (χ0n) is 22.0. The number of carboxylic acid groups (broad SMARTS) is 1. The van der Waals surface area contributed by atoms with Crippen LogP contribution in [0.5, 0.6) is 5.75 Å². The molecule has 0 spiro atoms. The van der Waals surface area contributed by atoms with Crippen LogP contribution in [0.3, 0.4) is 0 Å². The van der Waals surface area contributed by atoms with Gasteiger partial charge in [0, 0.05) is 31.6 Å². The van der Waals surface area contributed by atoms with Crippen molar-refractivity contribution in [3.05, 3.63) is 83.2 Å². The Bertz CT molecular complexity index is 1750. The predicted molar refractivity (Wildman–Crippen MR) is 147 cm³/mol. The number of fused-ring (bicyclic) bond motifs is 1. The molecule has 6 rings (SSSR count). The van der Waals surface area contributed by atoms with Crippen molar-refractivity contribution in [2.24, 2.45) is 7.05 Å². The maximum atomic E-state index is 14.1. The number of hydrogen-bond donors (Lipinski definition) is 1. The molecule has 1 saturated carbocycles. The largest absolute Gasteiger partial charge is 0.485 e. The van der Waals surface area contributed by atoms with E-state index in [2.05, 4.69) is 15.4 Å². The van der Waals surface area contributed by atoms with Crippen molar-refractivity contribution >= 4 is 16.0 Å². The van der Waals surface area contributed by atoms with Crippen LogP contribution in [0.15, 0.2) is 59.8 Å². The van der Waals surface area contributed by atoms with Gasteiger partial charge in [0.2, 0.25) is 10.0 Å². The summed E-state index contributed by atoms with van der Waals surface area (Å²) < 4.78 is 51.7. The van der Waals surface area contributed by atoms with Crippen molar-refractivity contribution in [3.63, 3.8) is 0 Å². The Morgan fingerprint density at radius 3 is 2.68 bits per heavy atom. The van der Waals surface area contributed by atoms with Crippen molar-refractivity contribution in [1.82, 2.24) is 29.1 Å². The second kappa shape index (κ2) is 10.1. The average Bonchev–Trinajstić information content (AvgIpc) is 3.35. The molecule has 2 aliphatic rings. The molecule has 13 heteroatoms. The Balaban J connectivity index is 0.00000337. The highest BCUT2D eigenvalue weighted by molar-refractivity contribution is 7.89. The quantitative estimate of drug-likeness (QED) is 0.359. The second-order valence-electron chi connectivity index (χ2n) is 10.8. The number of sulfonamides is 1. The van der Waals surface area contributed by atoms with Gasteiger partial charge >= 0.3 is 5.97 Å². The summed E-state index contributed by atoms with van der Waals surface area (Å²) in [7, 11) is -2.31. The van der Waals surface area contributed by atoms with Gasteiger partial charge in [0.25, 0.3) is 0 Å². The molecule has 2 aromatic carbocycles. The number of aromatic nitrogens is 5. The van der Waals surface area contributed by atoms with Gasteiger partial charge in [0.15, 0.2) is 0 Å². The summed E-state index contributed by atoms with van der Waals surface area (Å²) in [4.78, 5) is 11.8. The SMILES string of the molecule is C.Cn1cc([C@@H]2C[C@H]2c2c(C(=O)O)cnn2-c2cccc(CN3CC(C)(C)Oc4ccc(F)cc4S3(=O)=O)c2)nn1. The van der Waals surface area contributed by atoms with Crippen LogP contribution >= 0.6 is 0 Å². The van der Waals surface area contributed by atoms with E-state index in [4.69, 9.17) is 4.74 Å². The van der Waals surface area contributed by atoms with Crippen LogP contribution in [0.4, 0.5) is 4.39 Å². The Morgan fingerprint density at radius 1 is 1.20 bits per heavy atom. The molecular weight excluding hydrogens is 551 g/mol. The van der Waals surface area contributed by atoms with E-state index in [1.165, 1.54) is 22.6 Å². The van der Waals surface area contributed by atoms with E-state index < -0.39 is 27.4 Å². The molecule has 0 saturated heterocycles. The van der Waals surface area contributed by atoms with Gasteiger partial charge in [-0.15, -0.1) is 5.10 Å². The third-order valence-corrected chi connectivity index (χ3v) is 8.97. The number of halogens is 1. The highest BCUT2D eigenvalue weighted by Crippen LogP contribution is 2.55. The highest BCUT2D eigenvalue weighted by Gasteiger charge is 2.46. The molecule has 1 aliphatic heterocycles. The normalized spacial score (nSPS) is 20.8. The molecule has 3 heterocycles. The fourth-order valence-corrected chi connectivity index (χ4v) is 7.03. The van der Waals surface area contributed by atoms with Crippen LogP contribution in [-0.2, 0) is 23.6 Å². The molecule has 11 nitrogen and oxygen atoms in total. The molecular formula is C28H31FN6O5S. The number of carboxylic acids is 1. The van der Waals surface area contributed by atoms with Crippen molar-refractivity contribution < 1.29 is 27.4 Å². The summed E-state index contributed by atoms with van der Waals surface area (Å²) in [5.41, 5.74) is 1.82. The van der Waals surface area contributed by atoms with E-state index >= 15 is 0 Å². The minimum atomic E-state index is -4.09. The number of hydrogen-bond acceptors (Lipinski definition) is 7. The third-order valence-electron chi connectivity index (χ3n) is 7.16. The number of benzene rings is 2. The first-order valence-electron chi connectivity index (χ1n) is 12.7. The monoisotopic (exact) mass is 582 g/mol. The second-order valence-corrected chi connectivity index (χ2v) is 12.7. The van der Waals surface area contributed by atoms with Gasteiger partial charge in [-0.1, -0.05) is 24.8 Å². The molecule has 2 atom stereocenters. The predicted octanol–water partition coefficient (Wildman–Crippen LogP) is 4.11. The number of nitrogens with zero attached hydrogens (tertiary/aromatic N) is 6. The first-order chi connectivity index (χ1) is 18.9. The lowest BCUT2D eigenvalue weighted by Gasteiger charge is -2.28. The molecule has 1 fully saturated rings. The summed E-state index contributed by atoms with van der Waals surface area (Å²) in [5, 5.41) is 22.4. The highest BCUT2D eigenvalue weighted by atomic mass is 32.2. The summed E-state index contributed by atoms with van der Waals surface area (Å²) >= 11 is 0.